The molecule has 14 heteroatoms. The van der Waals surface area contributed by atoms with Crippen LogP contribution in [0.3, 0.4) is 0 Å². The zero-order chi connectivity index (χ0) is 50.3. The molecule has 0 aromatic carbocycles. The number of hydrogen-bond acceptors (Lipinski definition) is 13. The van der Waals surface area contributed by atoms with Gasteiger partial charge in [0.05, 0.1) is 32.0 Å². The lowest BCUT2D eigenvalue weighted by Crippen LogP contribution is -2.65. The fourth-order valence-electron chi connectivity index (χ4n) is 9.59. The molecule has 0 saturated carbocycles. The molecule has 0 bridgehead atoms. The summed E-state index contributed by atoms with van der Waals surface area (Å²) in [4.78, 5) is 13.2. The fraction of sp³-hybridized carbons (Fsp3) is 0.945. The Hall–Kier alpha value is -1.27. The Balaban J connectivity index is 1.76. The van der Waals surface area contributed by atoms with E-state index in [2.05, 4.69) is 31.3 Å². The SMILES string of the molecule is CCCCCCCCCC/C=C\CCCCCCCCCCCC(=O)NC(COC1OC(CO)C(OC2OC(CO)C(O)C(O)C2O)C(O)C1O)C(O)CCCCCCCCCCCCCCCC. The summed E-state index contributed by atoms with van der Waals surface area (Å²) in [6.07, 6.45) is 29.2. The minimum absolute atomic E-state index is 0.207. The number of carbonyl (C=O) groups excluding carboxylic acids is 1. The van der Waals surface area contributed by atoms with E-state index in [0.717, 1.165) is 51.4 Å². The van der Waals surface area contributed by atoms with Crippen LogP contribution in [-0.2, 0) is 23.7 Å². The number of unbranched alkanes of at least 4 members (excludes halogenated alkanes) is 30. The topological polar surface area (TPSA) is 228 Å². The third kappa shape index (κ3) is 28.7. The molecule has 0 aromatic rings. The summed E-state index contributed by atoms with van der Waals surface area (Å²) in [6, 6.07) is -0.825. The van der Waals surface area contributed by atoms with Gasteiger partial charge in [0.2, 0.25) is 5.91 Å². The smallest absolute Gasteiger partial charge is 0.220 e. The fourth-order valence-corrected chi connectivity index (χ4v) is 9.59. The first-order valence-electron chi connectivity index (χ1n) is 28.4. The number of hydrogen-bond donors (Lipinski definition) is 9. The molecule has 2 rings (SSSR count). The number of aliphatic hydroxyl groups is 8. The Morgan fingerprint density at radius 1 is 0.507 bits per heavy atom. The van der Waals surface area contributed by atoms with Crippen molar-refractivity contribution in [2.24, 2.45) is 0 Å². The van der Waals surface area contributed by atoms with E-state index in [9.17, 15) is 45.6 Å². The molecule has 0 aliphatic carbocycles. The molecule has 14 nitrogen and oxygen atoms in total. The first-order chi connectivity index (χ1) is 33.6. The molecule has 12 unspecified atom stereocenters. The van der Waals surface area contributed by atoms with E-state index in [1.54, 1.807) is 0 Å². The average molecular weight is 988 g/mol. The van der Waals surface area contributed by atoms with E-state index in [1.807, 2.05) is 0 Å². The molecule has 0 radical (unpaired) electrons. The Bertz CT molecular complexity index is 1210. The van der Waals surface area contributed by atoms with Crippen LogP contribution in [0, 0.1) is 0 Å². The van der Waals surface area contributed by atoms with Crippen molar-refractivity contribution in [2.45, 2.75) is 312 Å². The lowest BCUT2D eigenvalue weighted by atomic mass is 9.97. The summed E-state index contributed by atoms with van der Waals surface area (Å²) in [6.45, 7) is 2.87. The van der Waals surface area contributed by atoms with E-state index < -0.39 is 86.8 Å². The Labute approximate surface area is 418 Å². The minimum atomic E-state index is -1.78. The molecule has 408 valence electrons. The maximum absolute atomic E-state index is 13.2. The van der Waals surface area contributed by atoms with Gasteiger partial charge in [-0.15, -0.1) is 0 Å². The quantitative estimate of drug-likeness (QED) is 0.0206. The van der Waals surface area contributed by atoms with Crippen molar-refractivity contribution in [2.75, 3.05) is 19.8 Å². The second-order valence-electron chi connectivity index (χ2n) is 20.4. The van der Waals surface area contributed by atoms with Crippen molar-refractivity contribution in [3.8, 4) is 0 Å². The molecule has 2 aliphatic rings. The number of ether oxygens (including phenoxy) is 4. The third-order valence-electron chi connectivity index (χ3n) is 14.2. The van der Waals surface area contributed by atoms with Crippen LogP contribution < -0.4 is 5.32 Å². The number of amides is 1. The van der Waals surface area contributed by atoms with Crippen molar-refractivity contribution in [3.63, 3.8) is 0 Å². The Kier molecular flexibility index (Phi) is 39.0. The summed E-state index contributed by atoms with van der Waals surface area (Å²) >= 11 is 0. The van der Waals surface area contributed by atoms with Crippen LogP contribution in [0.5, 0.6) is 0 Å². The molecular formula is C55H105NO13. The summed E-state index contributed by atoms with van der Waals surface area (Å²) in [5.74, 6) is -0.207. The van der Waals surface area contributed by atoms with Crippen LogP contribution in [0.1, 0.15) is 239 Å². The lowest BCUT2D eigenvalue weighted by molar-refractivity contribution is -0.359. The zero-order valence-corrected chi connectivity index (χ0v) is 43.6. The monoisotopic (exact) mass is 988 g/mol. The average Bonchev–Trinajstić information content (AvgIpc) is 3.35. The summed E-state index contributed by atoms with van der Waals surface area (Å²) in [7, 11) is 0. The van der Waals surface area contributed by atoms with Crippen LogP contribution in [0.4, 0.5) is 0 Å². The van der Waals surface area contributed by atoms with Gasteiger partial charge in [-0.1, -0.05) is 206 Å². The number of carbonyl (C=O) groups is 1. The summed E-state index contributed by atoms with van der Waals surface area (Å²) in [5.41, 5.74) is 0. The highest BCUT2D eigenvalue weighted by Crippen LogP contribution is 2.30. The molecule has 0 aromatic heterocycles. The van der Waals surface area contributed by atoms with Crippen LogP contribution in [-0.4, -0.2) is 140 Å². The van der Waals surface area contributed by atoms with E-state index in [-0.39, 0.29) is 12.5 Å². The van der Waals surface area contributed by atoms with Crippen LogP contribution in [0.2, 0.25) is 0 Å². The minimum Gasteiger partial charge on any atom is -0.394 e. The Morgan fingerprint density at radius 3 is 1.38 bits per heavy atom. The van der Waals surface area contributed by atoms with Crippen molar-refractivity contribution in [1.82, 2.24) is 5.32 Å². The lowest BCUT2D eigenvalue weighted by Gasteiger charge is -2.46. The number of allylic oxidation sites excluding steroid dienone is 2. The first-order valence-corrected chi connectivity index (χ1v) is 28.4. The number of aliphatic hydroxyl groups excluding tert-OH is 8. The number of rotatable bonds is 45. The normalized spacial score (nSPS) is 26.2. The van der Waals surface area contributed by atoms with Crippen molar-refractivity contribution in [1.29, 1.82) is 0 Å². The predicted molar refractivity (Wildman–Crippen MR) is 272 cm³/mol. The number of nitrogens with one attached hydrogen (secondary N) is 1. The summed E-state index contributed by atoms with van der Waals surface area (Å²) < 4.78 is 22.8. The second kappa shape index (κ2) is 42.1. The first kappa shape index (κ1) is 63.8. The van der Waals surface area contributed by atoms with Crippen LogP contribution in [0.25, 0.3) is 0 Å². The highest BCUT2D eigenvalue weighted by Gasteiger charge is 2.51. The van der Waals surface area contributed by atoms with Gasteiger partial charge in [0.15, 0.2) is 12.6 Å². The highest BCUT2D eigenvalue weighted by atomic mass is 16.7. The molecule has 69 heavy (non-hydrogen) atoms. The third-order valence-corrected chi connectivity index (χ3v) is 14.2. The standard InChI is InChI=1S/C55H105NO13/c1-3-5-7-9-11-13-15-17-19-20-21-22-23-24-25-27-29-31-33-35-37-39-47(60)56-43(44(59)38-36-34-32-30-28-26-18-16-14-12-10-8-6-4-2)42-66-54-52(65)50(63)53(46(41-58)68-54)69-55-51(64)49(62)48(61)45(40-57)67-55/h20-21,43-46,48-55,57-59,61-65H,3-19,22-42H2,1-2H3,(H,56,60)/b21-20-. The molecule has 0 spiro atoms. The summed E-state index contributed by atoms with van der Waals surface area (Å²) in [5, 5.41) is 87.1. The van der Waals surface area contributed by atoms with Gasteiger partial charge in [-0.3, -0.25) is 4.79 Å². The molecule has 1 amide bonds. The second-order valence-corrected chi connectivity index (χ2v) is 20.4. The predicted octanol–water partition coefficient (Wildman–Crippen LogP) is 8.72. The van der Waals surface area contributed by atoms with Crippen molar-refractivity contribution in [3.05, 3.63) is 12.2 Å². The van der Waals surface area contributed by atoms with E-state index in [1.165, 1.54) is 161 Å². The van der Waals surface area contributed by atoms with Gasteiger partial charge >= 0.3 is 0 Å². The van der Waals surface area contributed by atoms with Gasteiger partial charge in [-0.25, -0.2) is 0 Å². The van der Waals surface area contributed by atoms with Crippen LogP contribution in [0.15, 0.2) is 12.2 Å². The largest absolute Gasteiger partial charge is 0.394 e. The molecule has 12 atom stereocenters. The van der Waals surface area contributed by atoms with Gasteiger partial charge in [-0.05, 0) is 38.5 Å². The molecule has 2 aliphatic heterocycles. The van der Waals surface area contributed by atoms with E-state index in [0.29, 0.717) is 12.8 Å². The van der Waals surface area contributed by atoms with Gasteiger partial charge < -0.3 is 65.1 Å². The van der Waals surface area contributed by atoms with Gasteiger partial charge in [0, 0.05) is 6.42 Å². The zero-order valence-electron chi connectivity index (χ0n) is 43.6. The molecule has 2 heterocycles. The van der Waals surface area contributed by atoms with E-state index in [4.69, 9.17) is 18.9 Å². The molecule has 9 N–H and O–H groups in total. The highest BCUT2D eigenvalue weighted by molar-refractivity contribution is 5.76. The van der Waals surface area contributed by atoms with E-state index >= 15 is 0 Å². The maximum atomic E-state index is 13.2. The molecule has 2 fully saturated rings. The van der Waals surface area contributed by atoms with Gasteiger partial charge in [0.1, 0.15) is 48.8 Å². The molecule has 2 saturated heterocycles. The maximum Gasteiger partial charge on any atom is 0.220 e. The van der Waals surface area contributed by atoms with Gasteiger partial charge in [0.25, 0.3) is 0 Å². The van der Waals surface area contributed by atoms with Crippen molar-refractivity contribution < 1.29 is 64.6 Å². The van der Waals surface area contributed by atoms with Crippen molar-refractivity contribution >= 4 is 5.91 Å². The Morgan fingerprint density at radius 2 is 0.913 bits per heavy atom. The van der Waals surface area contributed by atoms with Gasteiger partial charge in [-0.2, -0.15) is 0 Å². The van der Waals surface area contributed by atoms with Crippen LogP contribution >= 0.6 is 0 Å². The molecular weight excluding hydrogens is 883 g/mol.